The van der Waals surface area contributed by atoms with Crippen LogP contribution in [0.2, 0.25) is 0 Å². The third-order valence-electron chi connectivity index (χ3n) is 5.95. The Bertz CT molecular complexity index is 808. The van der Waals surface area contributed by atoms with E-state index in [0.717, 1.165) is 36.6 Å². The molecule has 2 N–H and O–H groups in total. The molecule has 0 saturated heterocycles. The van der Waals surface area contributed by atoms with Crippen molar-refractivity contribution < 1.29 is 9.18 Å². The van der Waals surface area contributed by atoms with Gasteiger partial charge in [-0.15, -0.1) is 0 Å². The van der Waals surface area contributed by atoms with Gasteiger partial charge in [0.1, 0.15) is 5.82 Å². The van der Waals surface area contributed by atoms with Crippen LogP contribution in [0.4, 0.5) is 9.18 Å². The smallest absolute Gasteiger partial charge is 0.315 e. The first-order valence-corrected chi connectivity index (χ1v) is 9.61. The van der Waals surface area contributed by atoms with Crippen LogP contribution in [0, 0.1) is 17.7 Å². The topological polar surface area (TPSA) is 54.0 Å². The number of urea groups is 1. The summed E-state index contributed by atoms with van der Waals surface area (Å²) in [6, 6.07) is 7.28. The molecule has 0 radical (unpaired) electrons. The highest BCUT2D eigenvalue weighted by Crippen LogP contribution is 2.51. The Morgan fingerprint density at radius 1 is 1.15 bits per heavy atom. The van der Waals surface area contributed by atoms with Gasteiger partial charge in [-0.05, 0) is 87.1 Å². The number of halogens is 1. The molecule has 4 rings (SSSR count). The van der Waals surface area contributed by atoms with E-state index in [4.69, 9.17) is 0 Å². The number of carbonyl (C=O) groups is 1. The summed E-state index contributed by atoms with van der Waals surface area (Å²) in [4.78, 5) is 16.3. The molecule has 0 bridgehead atoms. The molecule has 1 aromatic carbocycles. The van der Waals surface area contributed by atoms with Crippen LogP contribution in [0.3, 0.4) is 0 Å². The zero-order valence-electron chi connectivity index (χ0n) is 15.3. The molecule has 138 valence electrons. The number of nitrogens with zero attached hydrogens (tertiary/aromatic N) is 1. The minimum Gasteiger partial charge on any atom is -0.336 e. The third kappa shape index (κ3) is 3.39. The molecule has 2 fully saturated rings. The van der Waals surface area contributed by atoms with Gasteiger partial charge in [0.2, 0.25) is 0 Å². The number of carbonyl (C=O) groups excluding carboxylic acids is 1. The molecule has 4 nitrogen and oxygen atoms in total. The quantitative estimate of drug-likeness (QED) is 0.860. The number of hydrogen-bond donors (Lipinski definition) is 2. The molecular formula is C21H26FN3O. The summed E-state index contributed by atoms with van der Waals surface area (Å²) in [7, 11) is 0. The normalized spacial score (nSPS) is 27.7. The van der Waals surface area contributed by atoms with Crippen molar-refractivity contribution in [3.8, 4) is 0 Å². The van der Waals surface area contributed by atoms with Crippen LogP contribution in [0.15, 0.2) is 30.5 Å². The number of amides is 2. The number of hydrogen-bond acceptors (Lipinski definition) is 2. The van der Waals surface area contributed by atoms with Gasteiger partial charge in [-0.25, -0.2) is 9.18 Å². The molecule has 0 unspecified atom stereocenters. The summed E-state index contributed by atoms with van der Waals surface area (Å²) in [6.45, 7) is 3.94. The van der Waals surface area contributed by atoms with E-state index in [9.17, 15) is 9.18 Å². The summed E-state index contributed by atoms with van der Waals surface area (Å²) in [5, 5.41) is 6.97. The number of fused-ring (bicyclic) bond motifs is 2. The summed E-state index contributed by atoms with van der Waals surface area (Å²) < 4.78 is 13.7. The fourth-order valence-corrected chi connectivity index (χ4v) is 4.97. The Hall–Kier alpha value is -2.17. The average molecular weight is 355 g/mol. The summed E-state index contributed by atoms with van der Waals surface area (Å²) in [6.07, 6.45) is 6.16. The molecule has 26 heavy (non-hydrogen) atoms. The largest absolute Gasteiger partial charge is 0.336 e. The number of aromatic nitrogens is 1. The Morgan fingerprint density at radius 3 is 2.58 bits per heavy atom. The van der Waals surface area contributed by atoms with Crippen molar-refractivity contribution in [1.82, 2.24) is 15.6 Å². The SMILES string of the molecule is CC(C)NC(=O)N[C@H]1C[C@@H]2C[C@H](c3ccnc4ccc(F)cc34)C[C@@H]2C1. The highest BCUT2D eigenvalue weighted by atomic mass is 19.1. The van der Waals surface area contributed by atoms with E-state index < -0.39 is 0 Å². The number of rotatable bonds is 3. The van der Waals surface area contributed by atoms with Crippen LogP contribution in [0.1, 0.15) is 51.0 Å². The minimum atomic E-state index is -0.203. The lowest BCUT2D eigenvalue weighted by atomic mass is 9.91. The van der Waals surface area contributed by atoms with Gasteiger partial charge < -0.3 is 10.6 Å². The Labute approximate surface area is 153 Å². The first-order valence-electron chi connectivity index (χ1n) is 9.61. The molecule has 2 aliphatic rings. The van der Waals surface area contributed by atoms with E-state index in [1.807, 2.05) is 20.0 Å². The third-order valence-corrected chi connectivity index (χ3v) is 5.95. The van der Waals surface area contributed by atoms with Crippen LogP contribution in [0.25, 0.3) is 10.9 Å². The molecule has 2 aromatic rings. The van der Waals surface area contributed by atoms with Crippen molar-refractivity contribution in [2.24, 2.45) is 11.8 Å². The van der Waals surface area contributed by atoms with Gasteiger partial charge in [0.15, 0.2) is 0 Å². The molecule has 1 aromatic heterocycles. The van der Waals surface area contributed by atoms with E-state index >= 15 is 0 Å². The van der Waals surface area contributed by atoms with E-state index in [0.29, 0.717) is 17.8 Å². The second-order valence-electron chi connectivity index (χ2n) is 8.19. The number of benzene rings is 1. The van der Waals surface area contributed by atoms with Gasteiger partial charge in [-0.1, -0.05) is 0 Å². The summed E-state index contributed by atoms with van der Waals surface area (Å²) in [5.41, 5.74) is 2.09. The number of nitrogens with one attached hydrogen (secondary N) is 2. The maximum Gasteiger partial charge on any atom is 0.315 e. The highest BCUT2D eigenvalue weighted by molar-refractivity contribution is 5.82. The van der Waals surface area contributed by atoms with Crippen LogP contribution in [0.5, 0.6) is 0 Å². The Balaban J connectivity index is 1.44. The fourth-order valence-electron chi connectivity index (χ4n) is 4.97. The van der Waals surface area contributed by atoms with Gasteiger partial charge in [0, 0.05) is 23.7 Å². The molecule has 0 aliphatic heterocycles. The average Bonchev–Trinajstić information content (AvgIpc) is 3.11. The summed E-state index contributed by atoms with van der Waals surface area (Å²) in [5.74, 6) is 1.54. The van der Waals surface area contributed by atoms with Crippen molar-refractivity contribution >= 4 is 16.9 Å². The molecule has 2 saturated carbocycles. The van der Waals surface area contributed by atoms with Gasteiger partial charge in [-0.2, -0.15) is 0 Å². The predicted octanol–water partition coefficient (Wildman–Crippen LogP) is 4.35. The maximum atomic E-state index is 13.7. The monoisotopic (exact) mass is 355 g/mol. The van der Waals surface area contributed by atoms with Crippen LogP contribution < -0.4 is 10.6 Å². The molecule has 0 spiro atoms. The van der Waals surface area contributed by atoms with E-state index in [-0.39, 0.29) is 23.9 Å². The second-order valence-corrected chi connectivity index (χ2v) is 8.19. The lowest BCUT2D eigenvalue weighted by Gasteiger charge is -2.18. The van der Waals surface area contributed by atoms with Crippen LogP contribution in [-0.2, 0) is 0 Å². The van der Waals surface area contributed by atoms with Gasteiger partial charge in [-0.3, -0.25) is 4.98 Å². The van der Waals surface area contributed by atoms with Crippen LogP contribution >= 0.6 is 0 Å². The Morgan fingerprint density at radius 2 is 1.88 bits per heavy atom. The van der Waals surface area contributed by atoms with E-state index in [1.54, 1.807) is 12.1 Å². The van der Waals surface area contributed by atoms with Gasteiger partial charge >= 0.3 is 6.03 Å². The second kappa shape index (κ2) is 6.86. The first kappa shape index (κ1) is 17.3. The van der Waals surface area contributed by atoms with Crippen molar-refractivity contribution in [2.45, 2.75) is 57.5 Å². The lowest BCUT2D eigenvalue weighted by Crippen LogP contribution is -2.43. The van der Waals surface area contributed by atoms with Gasteiger partial charge in [0.05, 0.1) is 5.52 Å². The summed E-state index contributed by atoms with van der Waals surface area (Å²) >= 11 is 0. The standard InChI is InChI=1S/C21H26FN3O/c1-12(2)24-21(26)25-17-9-13-7-15(8-14(13)10-17)18-5-6-23-20-4-3-16(22)11-19(18)20/h3-6,11-15,17H,7-10H2,1-2H3,(H2,24,25,26)/t13-,14+,15-,17-. The molecule has 5 heteroatoms. The number of pyridine rings is 1. The van der Waals surface area contributed by atoms with E-state index in [2.05, 4.69) is 21.7 Å². The molecule has 2 aliphatic carbocycles. The van der Waals surface area contributed by atoms with Crippen molar-refractivity contribution in [2.75, 3.05) is 0 Å². The molecule has 4 atom stereocenters. The Kier molecular flexibility index (Phi) is 4.55. The van der Waals surface area contributed by atoms with Gasteiger partial charge in [0.25, 0.3) is 0 Å². The van der Waals surface area contributed by atoms with Crippen molar-refractivity contribution in [3.63, 3.8) is 0 Å². The minimum absolute atomic E-state index is 0.0582. The van der Waals surface area contributed by atoms with Crippen LogP contribution in [-0.4, -0.2) is 23.1 Å². The van der Waals surface area contributed by atoms with E-state index in [1.165, 1.54) is 11.6 Å². The van der Waals surface area contributed by atoms with Crippen molar-refractivity contribution in [1.29, 1.82) is 0 Å². The molecular weight excluding hydrogens is 329 g/mol. The zero-order chi connectivity index (χ0) is 18.3. The maximum absolute atomic E-state index is 13.7. The fraction of sp³-hybridized carbons (Fsp3) is 0.524. The lowest BCUT2D eigenvalue weighted by molar-refractivity contribution is 0.234. The molecule has 1 heterocycles. The van der Waals surface area contributed by atoms with Crippen molar-refractivity contribution in [3.05, 3.63) is 41.8 Å². The highest BCUT2D eigenvalue weighted by Gasteiger charge is 2.42. The zero-order valence-corrected chi connectivity index (χ0v) is 15.3. The predicted molar refractivity (Wildman–Crippen MR) is 100 cm³/mol. The molecule has 2 amide bonds. The first-order chi connectivity index (χ1) is 12.5.